The first-order chi connectivity index (χ1) is 9.29. The molecule has 1 aromatic heterocycles. The maximum absolute atomic E-state index is 12.3. The Kier molecular flexibility index (Phi) is 4.68. The second-order valence-electron chi connectivity index (χ2n) is 3.86. The second-order valence-corrected chi connectivity index (χ2v) is 7.61. The molecule has 0 bridgehead atoms. The van der Waals surface area contributed by atoms with Crippen LogP contribution in [0, 0.1) is 6.92 Å². The van der Waals surface area contributed by atoms with Crippen molar-refractivity contribution >= 4 is 59.3 Å². The largest absolute Gasteiger partial charge is 0.264 e. The van der Waals surface area contributed by atoms with Gasteiger partial charge in [-0.15, -0.1) is 0 Å². The number of nitrogens with zero attached hydrogens (tertiary/aromatic N) is 2. The number of benzene rings is 1. The zero-order valence-electron chi connectivity index (χ0n) is 10.1. The van der Waals surface area contributed by atoms with Gasteiger partial charge in [0, 0.05) is 8.95 Å². The van der Waals surface area contributed by atoms with E-state index in [-0.39, 0.29) is 15.9 Å². The lowest BCUT2D eigenvalue weighted by molar-refractivity contribution is 0.600. The maximum atomic E-state index is 12.3. The lowest BCUT2D eigenvalue weighted by Crippen LogP contribution is -2.15. The van der Waals surface area contributed by atoms with Crippen molar-refractivity contribution in [3.05, 3.63) is 44.2 Å². The third kappa shape index (κ3) is 3.49. The number of nitrogens with one attached hydrogen (secondary N) is 1. The van der Waals surface area contributed by atoms with Gasteiger partial charge in [-0.05, 0) is 40.5 Å². The number of halogens is 3. The third-order valence-electron chi connectivity index (χ3n) is 2.36. The zero-order chi connectivity index (χ0) is 14.9. The summed E-state index contributed by atoms with van der Waals surface area (Å²) in [7, 11) is -3.77. The summed E-state index contributed by atoms with van der Waals surface area (Å²) in [5.41, 5.74) is 0.919. The fourth-order valence-corrected chi connectivity index (χ4v) is 4.16. The highest BCUT2D eigenvalue weighted by atomic mass is 79.9. The van der Waals surface area contributed by atoms with Gasteiger partial charge in [0.05, 0.1) is 12.4 Å². The smallest absolute Gasteiger partial charge is 0.262 e. The van der Waals surface area contributed by atoms with Crippen molar-refractivity contribution in [2.75, 3.05) is 4.72 Å². The average Bonchev–Trinajstić information content (AvgIpc) is 2.36. The van der Waals surface area contributed by atoms with Gasteiger partial charge in [-0.1, -0.05) is 27.5 Å². The molecule has 9 heteroatoms. The summed E-state index contributed by atoms with van der Waals surface area (Å²) < 4.78 is 28.1. The van der Waals surface area contributed by atoms with E-state index in [0.29, 0.717) is 8.95 Å². The van der Waals surface area contributed by atoms with E-state index in [4.69, 9.17) is 11.6 Å². The van der Waals surface area contributed by atoms with Crippen molar-refractivity contribution in [1.29, 1.82) is 0 Å². The predicted octanol–water partition coefficient (Wildman–Crippen LogP) is 3.76. The van der Waals surface area contributed by atoms with E-state index in [1.165, 1.54) is 18.5 Å². The summed E-state index contributed by atoms with van der Waals surface area (Å²) in [6.07, 6.45) is 2.51. The van der Waals surface area contributed by atoms with Gasteiger partial charge in [0.15, 0.2) is 5.82 Å². The van der Waals surface area contributed by atoms with Crippen LogP contribution in [0.3, 0.4) is 0 Å². The van der Waals surface area contributed by atoms with E-state index in [0.717, 1.165) is 5.56 Å². The van der Waals surface area contributed by atoms with E-state index in [1.807, 2.05) is 6.92 Å². The molecule has 20 heavy (non-hydrogen) atoms. The summed E-state index contributed by atoms with van der Waals surface area (Å²) in [5, 5.41) is 0.187. The Morgan fingerprint density at radius 1 is 1.15 bits per heavy atom. The van der Waals surface area contributed by atoms with Crippen molar-refractivity contribution in [2.45, 2.75) is 11.8 Å². The van der Waals surface area contributed by atoms with Crippen molar-refractivity contribution in [2.24, 2.45) is 0 Å². The normalized spacial score (nSPS) is 11.4. The lowest BCUT2D eigenvalue weighted by atomic mass is 10.2. The number of anilines is 1. The van der Waals surface area contributed by atoms with Crippen LogP contribution in [-0.4, -0.2) is 18.4 Å². The molecule has 1 aromatic carbocycles. The van der Waals surface area contributed by atoms with Crippen LogP contribution in [0.25, 0.3) is 0 Å². The lowest BCUT2D eigenvalue weighted by Gasteiger charge is -2.10. The topological polar surface area (TPSA) is 72.0 Å². The number of rotatable bonds is 3. The van der Waals surface area contributed by atoms with E-state index in [9.17, 15) is 8.42 Å². The molecular weight excluding hydrogens is 433 g/mol. The van der Waals surface area contributed by atoms with Crippen molar-refractivity contribution < 1.29 is 8.42 Å². The first-order valence-electron chi connectivity index (χ1n) is 5.25. The van der Waals surface area contributed by atoms with Gasteiger partial charge in [-0.25, -0.2) is 18.4 Å². The molecule has 5 nitrogen and oxygen atoms in total. The van der Waals surface area contributed by atoms with Crippen molar-refractivity contribution in [3.63, 3.8) is 0 Å². The SMILES string of the molecule is Cc1cc(Br)c(S(=O)(=O)Nc2cnc(Cl)cn2)cc1Br. The Balaban J connectivity index is 2.40. The van der Waals surface area contributed by atoms with E-state index in [2.05, 4.69) is 46.5 Å². The molecule has 1 N–H and O–H groups in total. The van der Waals surface area contributed by atoms with Crippen LogP contribution in [0.2, 0.25) is 5.15 Å². The third-order valence-corrected chi connectivity index (χ3v) is 5.72. The standard InChI is InChI=1S/C11H8Br2ClN3O2S/c1-6-2-8(13)9(3-7(6)12)20(18,19)17-11-5-15-10(14)4-16-11/h2-5H,1H3,(H,16,17). The molecular formula is C11H8Br2ClN3O2S. The van der Waals surface area contributed by atoms with Gasteiger partial charge >= 0.3 is 0 Å². The Morgan fingerprint density at radius 2 is 1.85 bits per heavy atom. The van der Waals surface area contributed by atoms with Crippen molar-refractivity contribution in [1.82, 2.24) is 9.97 Å². The highest BCUT2D eigenvalue weighted by Gasteiger charge is 2.19. The van der Waals surface area contributed by atoms with Gasteiger partial charge in [-0.2, -0.15) is 0 Å². The molecule has 0 spiro atoms. The number of aryl methyl sites for hydroxylation is 1. The molecule has 0 unspecified atom stereocenters. The van der Waals surface area contributed by atoms with Crippen LogP contribution in [-0.2, 0) is 10.0 Å². The molecule has 0 aliphatic heterocycles. The first kappa shape index (κ1) is 15.7. The first-order valence-corrected chi connectivity index (χ1v) is 8.70. The minimum atomic E-state index is -3.77. The molecule has 0 saturated heterocycles. The van der Waals surface area contributed by atoms with Crippen LogP contribution in [0.1, 0.15) is 5.56 Å². The zero-order valence-corrected chi connectivity index (χ0v) is 14.8. The van der Waals surface area contributed by atoms with Gasteiger partial charge < -0.3 is 0 Å². The Morgan fingerprint density at radius 3 is 2.45 bits per heavy atom. The van der Waals surface area contributed by atoms with Crippen LogP contribution >= 0.6 is 43.5 Å². The summed E-state index contributed by atoms with van der Waals surface area (Å²) in [5.74, 6) is 0.0954. The number of hydrogen-bond donors (Lipinski definition) is 1. The highest BCUT2D eigenvalue weighted by Crippen LogP contribution is 2.29. The molecule has 2 aromatic rings. The van der Waals surface area contributed by atoms with Crippen LogP contribution in [0.15, 0.2) is 38.4 Å². The second kappa shape index (κ2) is 5.97. The molecule has 0 fully saturated rings. The Labute approximate surface area is 138 Å². The summed E-state index contributed by atoms with van der Waals surface area (Å²) in [4.78, 5) is 7.72. The quantitative estimate of drug-likeness (QED) is 0.787. The number of aromatic nitrogens is 2. The summed E-state index contributed by atoms with van der Waals surface area (Å²) in [6, 6.07) is 3.23. The van der Waals surface area contributed by atoms with Gasteiger partial charge in [0.25, 0.3) is 10.0 Å². The minimum absolute atomic E-state index is 0.0954. The van der Waals surface area contributed by atoms with Crippen molar-refractivity contribution in [3.8, 4) is 0 Å². The maximum Gasteiger partial charge on any atom is 0.264 e. The van der Waals surface area contributed by atoms with Crippen LogP contribution in [0.5, 0.6) is 0 Å². The fraction of sp³-hybridized carbons (Fsp3) is 0.0909. The molecule has 0 saturated carbocycles. The van der Waals surface area contributed by atoms with Gasteiger partial charge in [-0.3, -0.25) is 4.72 Å². The predicted molar refractivity (Wildman–Crippen MR) is 84.4 cm³/mol. The molecule has 2 rings (SSSR count). The van der Waals surface area contributed by atoms with E-state index >= 15 is 0 Å². The summed E-state index contributed by atoms with van der Waals surface area (Å²) >= 11 is 12.2. The van der Waals surface area contributed by atoms with Crippen LogP contribution < -0.4 is 4.72 Å². The van der Waals surface area contributed by atoms with Crippen LogP contribution in [0.4, 0.5) is 5.82 Å². The van der Waals surface area contributed by atoms with E-state index < -0.39 is 10.0 Å². The molecule has 1 heterocycles. The average molecular weight is 442 g/mol. The molecule has 0 amide bonds. The monoisotopic (exact) mass is 439 g/mol. The molecule has 0 aliphatic rings. The molecule has 0 aliphatic carbocycles. The fourth-order valence-electron chi connectivity index (χ4n) is 1.39. The minimum Gasteiger partial charge on any atom is -0.262 e. The Bertz CT molecular complexity index is 751. The molecule has 0 atom stereocenters. The Hall–Kier alpha value is -0.700. The number of hydrogen-bond acceptors (Lipinski definition) is 4. The molecule has 0 radical (unpaired) electrons. The highest BCUT2D eigenvalue weighted by molar-refractivity contribution is 9.11. The van der Waals surface area contributed by atoms with Gasteiger partial charge in [0.1, 0.15) is 10.0 Å². The number of sulfonamides is 1. The summed E-state index contributed by atoms with van der Waals surface area (Å²) in [6.45, 7) is 1.86. The van der Waals surface area contributed by atoms with E-state index in [1.54, 1.807) is 6.07 Å². The van der Waals surface area contributed by atoms with Gasteiger partial charge in [0.2, 0.25) is 0 Å². The molecule has 106 valence electrons.